The second-order valence-corrected chi connectivity index (χ2v) is 9.38. The van der Waals surface area contributed by atoms with Crippen LogP contribution >= 0.6 is 0 Å². The molecule has 0 radical (unpaired) electrons. The van der Waals surface area contributed by atoms with Crippen molar-refractivity contribution in [3.8, 4) is 0 Å². The van der Waals surface area contributed by atoms with E-state index in [9.17, 15) is 9.59 Å². The van der Waals surface area contributed by atoms with Gasteiger partial charge < -0.3 is 11.1 Å². The van der Waals surface area contributed by atoms with E-state index in [2.05, 4.69) is 24.4 Å². The Morgan fingerprint density at radius 1 is 0.594 bits per heavy atom. The zero-order valence-corrected chi connectivity index (χ0v) is 21.3. The smallest absolute Gasteiger partial charge is 0.219 e. The summed E-state index contributed by atoms with van der Waals surface area (Å²) in [6.45, 7) is 3.06. The summed E-state index contributed by atoms with van der Waals surface area (Å²) in [6.07, 6.45) is 31.1. The van der Waals surface area contributed by atoms with Crippen LogP contribution in [0.15, 0.2) is 12.2 Å². The molecule has 0 aliphatic carbocycles. The van der Waals surface area contributed by atoms with E-state index in [1.54, 1.807) is 0 Å². The lowest BCUT2D eigenvalue weighted by Crippen LogP contribution is -2.24. The van der Waals surface area contributed by atoms with Crippen LogP contribution in [-0.2, 0) is 9.59 Å². The molecule has 0 atom stereocenters. The molecule has 4 heteroatoms. The van der Waals surface area contributed by atoms with Gasteiger partial charge in [-0.15, -0.1) is 0 Å². The summed E-state index contributed by atoms with van der Waals surface area (Å²) >= 11 is 0. The van der Waals surface area contributed by atoms with Crippen molar-refractivity contribution in [3.05, 3.63) is 12.2 Å². The van der Waals surface area contributed by atoms with Gasteiger partial charge in [-0.1, -0.05) is 103 Å². The van der Waals surface area contributed by atoms with E-state index in [-0.39, 0.29) is 11.8 Å². The standard InChI is InChI=1S/C28H54N2O2/c1-2-3-4-5-6-7-8-9-10-11-12-13-14-15-16-17-18-19-20-23-26-30-28(32)25-22-21-24-27(29)31/h9-10H,2-8,11-26H2,1H3,(H2,29,31)(H,30,32)/b10-9-. The van der Waals surface area contributed by atoms with E-state index in [1.165, 1.54) is 109 Å². The van der Waals surface area contributed by atoms with Crippen molar-refractivity contribution in [1.29, 1.82) is 0 Å². The van der Waals surface area contributed by atoms with Crippen LogP contribution in [0.1, 0.15) is 148 Å². The highest BCUT2D eigenvalue weighted by Gasteiger charge is 2.01. The number of primary amides is 1. The Morgan fingerprint density at radius 3 is 1.53 bits per heavy atom. The summed E-state index contributed by atoms with van der Waals surface area (Å²) in [5, 5.41) is 2.97. The molecule has 32 heavy (non-hydrogen) atoms. The average molecular weight is 451 g/mol. The largest absolute Gasteiger partial charge is 0.370 e. The van der Waals surface area contributed by atoms with Gasteiger partial charge in [0.1, 0.15) is 0 Å². The van der Waals surface area contributed by atoms with E-state index in [0.717, 1.165) is 19.4 Å². The lowest BCUT2D eigenvalue weighted by molar-refractivity contribution is -0.122. The number of allylic oxidation sites excluding steroid dienone is 2. The molecule has 0 saturated heterocycles. The van der Waals surface area contributed by atoms with Crippen molar-refractivity contribution in [2.75, 3.05) is 6.54 Å². The third-order valence-electron chi connectivity index (χ3n) is 6.09. The quantitative estimate of drug-likeness (QED) is 0.110. The first-order valence-electron chi connectivity index (χ1n) is 13.9. The molecule has 0 fully saturated rings. The van der Waals surface area contributed by atoms with E-state index in [4.69, 9.17) is 5.73 Å². The van der Waals surface area contributed by atoms with Crippen LogP contribution in [0, 0.1) is 0 Å². The summed E-state index contributed by atoms with van der Waals surface area (Å²) in [7, 11) is 0. The number of unbranched alkanes of at least 4 members (excludes halogenated alkanes) is 17. The minimum atomic E-state index is -0.285. The number of carbonyl (C=O) groups excluding carboxylic acids is 2. The zero-order valence-electron chi connectivity index (χ0n) is 21.3. The maximum atomic E-state index is 11.7. The predicted octanol–water partition coefficient (Wildman–Crippen LogP) is 7.75. The van der Waals surface area contributed by atoms with Gasteiger partial charge in [0.05, 0.1) is 0 Å². The Morgan fingerprint density at radius 2 is 1.03 bits per heavy atom. The highest BCUT2D eigenvalue weighted by molar-refractivity contribution is 5.76. The van der Waals surface area contributed by atoms with Gasteiger partial charge in [0, 0.05) is 19.4 Å². The maximum Gasteiger partial charge on any atom is 0.219 e. The third kappa shape index (κ3) is 26.7. The first kappa shape index (κ1) is 30.7. The molecule has 4 nitrogen and oxygen atoms in total. The molecule has 0 aliphatic heterocycles. The summed E-state index contributed by atoms with van der Waals surface area (Å²) in [4.78, 5) is 22.3. The van der Waals surface area contributed by atoms with Gasteiger partial charge in [-0.2, -0.15) is 0 Å². The minimum Gasteiger partial charge on any atom is -0.370 e. The normalized spacial score (nSPS) is 11.3. The van der Waals surface area contributed by atoms with Crippen LogP contribution in [-0.4, -0.2) is 18.4 Å². The zero-order chi connectivity index (χ0) is 23.5. The van der Waals surface area contributed by atoms with Gasteiger partial charge in [-0.05, 0) is 44.9 Å². The Labute approximate surface area is 199 Å². The number of carbonyl (C=O) groups is 2. The predicted molar refractivity (Wildman–Crippen MR) is 139 cm³/mol. The Hall–Kier alpha value is -1.32. The summed E-state index contributed by atoms with van der Waals surface area (Å²) in [6, 6.07) is 0. The highest BCUT2D eigenvalue weighted by Crippen LogP contribution is 2.12. The Balaban J connectivity index is 3.16. The van der Waals surface area contributed by atoms with Crippen molar-refractivity contribution >= 4 is 11.8 Å². The second kappa shape index (κ2) is 25.9. The number of amides is 2. The molecule has 0 aliphatic rings. The molecular weight excluding hydrogens is 396 g/mol. The molecule has 0 aromatic carbocycles. The maximum absolute atomic E-state index is 11.7. The van der Waals surface area contributed by atoms with Crippen LogP contribution in [0.2, 0.25) is 0 Å². The van der Waals surface area contributed by atoms with Crippen molar-refractivity contribution in [3.63, 3.8) is 0 Å². The first-order valence-corrected chi connectivity index (χ1v) is 13.9. The fourth-order valence-electron chi connectivity index (χ4n) is 3.98. The number of hydrogen-bond donors (Lipinski definition) is 2. The molecule has 0 spiro atoms. The van der Waals surface area contributed by atoms with E-state index >= 15 is 0 Å². The minimum absolute atomic E-state index is 0.0998. The molecule has 0 bridgehead atoms. The molecule has 188 valence electrons. The monoisotopic (exact) mass is 450 g/mol. The van der Waals surface area contributed by atoms with E-state index in [0.29, 0.717) is 19.3 Å². The number of hydrogen-bond acceptors (Lipinski definition) is 2. The van der Waals surface area contributed by atoms with Crippen LogP contribution in [0.4, 0.5) is 0 Å². The van der Waals surface area contributed by atoms with Crippen molar-refractivity contribution in [2.24, 2.45) is 5.73 Å². The molecule has 0 rings (SSSR count). The number of rotatable bonds is 25. The van der Waals surface area contributed by atoms with Gasteiger partial charge >= 0.3 is 0 Å². The third-order valence-corrected chi connectivity index (χ3v) is 6.09. The highest BCUT2D eigenvalue weighted by atomic mass is 16.1. The molecule has 0 heterocycles. The average Bonchev–Trinajstić information content (AvgIpc) is 2.77. The summed E-state index contributed by atoms with van der Waals surface area (Å²) in [5.74, 6) is -0.185. The fourth-order valence-corrected chi connectivity index (χ4v) is 3.98. The first-order chi connectivity index (χ1) is 15.7. The second-order valence-electron chi connectivity index (χ2n) is 9.38. The van der Waals surface area contributed by atoms with E-state index in [1.807, 2.05) is 0 Å². The SMILES string of the molecule is CCCCCCCC/C=C\CCCCCCCCCCCCNC(=O)CCCCC(N)=O. The van der Waals surface area contributed by atoms with Gasteiger partial charge in [0.15, 0.2) is 0 Å². The van der Waals surface area contributed by atoms with Crippen LogP contribution in [0.25, 0.3) is 0 Å². The van der Waals surface area contributed by atoms with Crippen LogP contribution in [0.5, 0.6) is 0 Å². The molecule has 0 aromatic heterocycles. The van der Waals surface area contributed by atoms with Gasteiger partial charge in [0.2, 0.25) is 11.8 Å². The molecule has 3 N–H and O–H groups in total. The van der Waals surface area contributed by atoms with Crippen molar-refractivity contribution < 1.29 is 9.59 Å². The van der Waals surface area contributed by atoms with Gasteiger partial charge in [-0.3, -0.25) is 9.59 Å². The number of nitrogens with two attached hydrogens (primary N) is 1. The van der Waals surface area contributed by atoms with Crippen LogP contribution < -0.4 is 11.1 Å². The number of nitrogens with one attached hydrogen (secondary N) is 1. The summed E-state index contributed by atoms with van der Waals surface area (Å²) in [5.41, 5.74) is 5.09. The van der Waals surface area contributed by atoms with Gasteiger partial charge in [0.25, 0.3) is 0 Å². The molecular formula is C28H54N2O2. The fraction of sp³-hybridized carbons (Fsp3) is 0.857. The molecule has 0 unspecified atom stereocenters. The topological polar surface area (TPSA) is 72.2 Å². The lowest BCUT2D eigenvalue weighted by atomic mass is 10.1. The Bertz CT molecular complexity index is 449. The lowest BCUT2D eigenvalue weighted by Gasteiger charge is -2.05. The van der Waals surface area contributed by atoms with Crippen LogP contribution in [0.3, 0.4) is 0 Å². The summed E-state index contributed by atoms with van der Waals surface area (Å²) < 4.78 is 0. The van der Waals surface area contributed by atoms with Crippen molar-refractivity contribution in [2.45, 2.75) is 148 Å². The van der Waals surface area contributed by atoms with E-state index < -0.39 is 0 Å². The molecule has 2 amide bonds. The van der Waals surface area contributed by atoms with Gasteiger partial charge in [-0.25, -0.2) is 0 Å². The molecule has 0 aromatic rings. The van der Waals surface area contributed by atoms with Crippen molar-refractivity contribution in [1.82, 2.24) is 5.32 Å². The molecule has 0 saturated carbocycles. The Kier molecular flexibility index (Phi) is 24.9.